The number of hydrogen-bond acceptors (Lipinski definition) is 2. The summed E-state index contributed by atoms with van der Waals surface area (Å²) in [6.07, 6.45) is 0. The van der Waals surface area contributed by atoms with Gasteiger partial charge in [-0.05, 0) is 24.1 Å². The first-order valence-electron chi connectivity index (χ1n) is 5.58. The second-order valence-corrected chi connectivity index (χ2v) is 4.96. The lowest BCUT2D eigenvalue weighted by molar-refractivity contribution is 0.516. The molecule has 2 aromatic rings. The minimum atomic E-state index is 0.405. The largest absolute Gasteiger partial charge is 0.312 e. The summed E-state index contributed by atoms with van der Waals surface area (Å²) in [7, 11) is 2.03. The number of likely N-dealkylation sites (N-methyl/N-ethyl adjacent to an activating group) is 1. The minimum absolute atomic E-state index is 0.405. The predicted molar refractivity (Wildman–Crippen MR) is 71.0 cm³/mol. The molecule has 0 aliphatic rings. The van der Waals surface area contributed by atoms with Gasteiger partial charge < -0.3 is 5.32 Å². The molecule has 0 bridgehead atoms. The van der Waals surface area contributed by atoms with Crippen molar-refractivity contribution in [3.63, 3.8) is 0 Å². The standard InChI is InChI=1S/C14H17NS/c1-11(12-7-4-3-5-8-12)14(15-2)13-9-6-10-16-13/h3-11,14-15H,1-2H3. The van der Waals surface area contributed by atoms with Crippen molar-refractivity contribution in [1.29, 1.82) is 0 Å². The molecule has 2 atom stereocenters. The first kappa shape index (κ1) is 11.4. The highest BCUT2D eigenvalue weighted by Gasteiger charge is 2.19. The maximum absolute atomic E-state index is 3.41. The SMILES string of the molecule is CNC(c1cccs1)C(C)c1ccccc1. The molecule has 0 fully saturated rings. The molecule has 1 N–H and O–H groups in total. The van der Waals surface area contributed by atoms with Gasteiger partial charge >= 0.3 is 0 Å². The van der Waals surface area contributed by atoms with E-state index in [1.165, 1.54) is 10.4 Å². The highest BCUT2D eigenvalue weighted by Crippen LogP contribution is 2.32. The van der Waals surface area contributed by atoms with Gasteiger partial charge in [0.2, 0.25) is 0 Å². The van der Waals surface area contributed by atoms with Gasteiger partial charge in [0.05, 0.1) is 0 Å². The summed E-state index contributed by atoms with van der Waals surface area (Å²) in [6, 6.07) is 15.4. The van der Waals surface area contributed by atoms with E-state index in [2.05, 4.69) is 60.1 Å². The molecule has 1 nitrogen and oxygen atoms in total. The van der Waals surface area contributed by atoms with Gasteiger partial charge in [0.25, 0.3) is 0 Å². The van der Waals surface area contributed by atoms with Gasteiger partial charge in [-0.1, -0.05) is 43.3 Å². The maximum Gasteiger partial charge on any atom is 0.0479 e. The maximum atomic E-state index is 3.41. The Labute approximate surface area is 101 Å². The van der Waals surface area contributed by atoms with Crippen LogP contribution in [0.4, 0.5) is 0 Å². The van der Waals surface area contributed by atoms with Gasteiger partial charge in [0.15, 0.2) is 0 Å². The van der Waals surface area contributed by atoms with Crippen LogP contribution in [-0.2, 0) is 0 Å². The van der Waals surface area contributed by atoms with Gasteiger partial charge in [-0.15, -0.1) is 11.3 Å². The van der Waals surface area contributed by atoms with Crippen molar-refractivity contribution in [2.24, 2.45) is 0 Å². The van der Waals surface area contributed by atoms with Crippen LogP contribution in [0, 0.1) is 0 Å². The van der Waals surface area contributed by atoms with E-state index in [4.69, 9.17) is 0 Å². The number of nitrogens with one attached hydrogen (secondary N) is 1. The Bertz CT molecular complexity index is 408. The van der Waals surface area contributed by atoms with Crippen molar-refractivity contribution < 1.29 is 0 Å². The number of thiophene rings is 1. The van der Waals surface area contributed by atoms with Crippen molar-refractivity contribution >= 4 is 11.3 Å². The molecule has 0 radical (unpaired) electrons. The molecule has 0 saturated heterocycles. The van der Waals surface area contributed by atoms with E-state index in [9.17, 15) is 0 Å². The molecular weight excluding hydrogens is 214 g/mol. The smallest absolute Gasteiger partial charge is 0.0479 e. The van der Waals surface area contributed by atoms with E-state index in [0.29, 0.717) is 12.0 Å². The quantitative estimate of drug-likeness (QED) is 0.843. The van der Waals surface area contributed by atoms with E-state index in [1.807, 2.05) is 18.4 Å². The van der Waals surface area contributed by atoms with Crippen LogP contribution in [0.5, 0.6) is 0 Å². The van der Waals surface area contributed by atoms with Crippen molar-refractivity contribution in [1.82, 2.24) is 5.32 Å². The molecule has 1 aromatic heterocycles. The summed E-state index contributed by atoms with van der Waals surface area (Å²) in [5, 5.41) is 5.55. The van der Waals surface area contributed by atoms with E-state index >= 15 is 0 Å². The Morgan fingerprint density at radius 1 is 1.06 bits per heavy atom. The molecule has 1 heterocycles. The Morgan fingerprint density at radius 2 is 1.81 bits per heavy atom. The fourth-order valence-electron chi connectivity index (χ4n) is 2.06. The molecule has 0 spiro atoms. The van der Waals surface area contributed by atoms with E-state index < -0.39 is 0 Å². The normalized spacial score (nSPS) is 14.6. The lowest BCUT2D eigenvalue weighted by Crippen LogP contribution is -2.21. The lowest BCUT2D eigenvalue weighted by Gasteiger charge is -2.22. The summed E-state index contributed by atoms with van der Waals surface area (Å²) in [4.78, 5) is 1.40. The van der Waals surface area contributed by atoms with Crippen molar-refractivity contribution in [2.75, 3.05) is 7.05 Å². The molecule has 0 amide bonds. The van der Waals surface area contributed by atoms with Crippen LogP contribution in [0.25, 0.3) is 0 Å². The third-order valence-corrected chi connectivity index (χ3v) is 3.94. The van der Waals surface area contributed by atoms with Gasteiger partial charge in [-0.3, -0.25) is 0 Å². The first-order valence-corrected chi connectivity index (χ1v) is 6.46. The summed E-state index contributed by atoms with van der Waals surface area (Å²) >= 11 is 1.82. The molecule has 2 rings (SSSR count). The second-order valence-electron chi connectivity index (χ2n) is 3.98. The van der Waals surface area contributed by atoms with E-state index in [-0.39, 0.29) is 0 Å². The Balaban J connectivity index is 2.23. The number of rotatable bonds is 4. The van der Waals surface area contributed by atoms with Crippen LogP contribution in [0.15, 0.2) is 47.8 Å². The Hall–Kier alpha value is -1.12. The lowest BCUT2D eigenvalue weighted by atomic mass is 9.92. The number of hydrogen-bond donors (Lipinski definition) is 1. The van der Waals surface area contributed by atoms with Crippen molar-refractivity contribution in [2.45, 2.75) is 18.9 Å². The molecule has 0 saturated carbocycles. The Kier molecular flexibility index (Phi) is 3.75. The minimum Gasteiger partial charge on any atom is -0.312 e. The predicted octanol–water partition coefficient (Wildman–Crippen LogP) is 3.81. The zero-order valence-electron chi connectivity index (χ0n) is 9.68. The summed E-state index contributed by atoms with van der Waals surface area (Å²) in [5.41, 5.74) is 1.38. The van der Waals surface area contributed by atoms with E-state index in [1.54, 1.807) is 0 Å². The summed E-state index contributed by atoms with van der Waals surface area (Å²) in [5.74, 6) is 0.491. The molecule has 16 heavy (non-hydrogen) atoms. The fraction of sp³-hybridized carbons (Fsp3) is 0.286. The van der Waals surface area contributed by atoms with Gasteiger partial charge in [-0.2, -0.15) is 0 Å². The summed E-state index contributed by atoms with van der Waals surface area (Å²) in [6.45, 7) is 2.27. The van der Waals surface area contributed by atoms with Crippen LogP contribution in [0.2, 0.25) is 0 Å². The second kappa shape index (κ2) is 5.28. The average molecular weight is 231 g/mol. The zero-order valence-corrected chi connectivity index (χ0v) is 10.5. The summed E-state index contributed by atoms with van der Waals surface area (Å²) < 4.78 is 0. The third kappa shape index (κ3) is 2.34. The highest BCUT2D eigenvalue weighted by atomic mass is 32.1. The molecule has 84 valence electrons. The molecule has 2 unspecified atom stereocenters. The number of benzene rings is 1. The van der Waals surface area contributed by atoms with Crippen LogP contribution in [-0.4, -0.2) is 7.05 Å². The highest BCUT2D eigenvalue weighted by molar-refractivity contribution is 7.10. The molecule has 0 aliphatic heterocycles. The van der Waals surface area contributed by atoms with Crippen LogP contribution >= 0.6 is 11.3 Å². The van der Waals surface area contributed by atoms with Gasteiger partial charge in [0.1, 0.15) is 0 Å². The first-order chi connectivity index (χ1) is 7.83. The molecule has 2 heteroatoms. The van der Waals surface area contributed by atoms with Crippen LogP contribution < -0.4 is 5.32 Å². The topological polar surface area (TPSA) is 12.0 Å². The Morgan fingerprint density at radius 3 is 2.38 bits per heavy atom. The molecule has 1 aromatic carbocycles. The van der Waals surface area contributed by atoms with Gasteiger partial charge in [-0.25, -0.2) is 0 Å². The average Bonchev–Trinajstić information content (AvgIpc) is 2.85. The van der Waals surface area contributed by atoms with Gasteiger partial charge in [0, 0.05) is 16.8 Å². The van der Waals surface area contributed by atoms with Crippen molar-refractivity contribution in [3.8, 4) is 0 Å². The van der Waals surface area contributed by atoms with E-state index in [0.717, 1.165) is 0 Å². The third-order valence-electron chi connectivity index (χ3n) is 2.99. The van der Waals surface area contributed by atoms with Crippen LogP contribution in [0.1, 0.15) is 29.3 Å². The molecule has 0 aliphatic carbocycles. The van der Waals surface area contributed by atoms with Crippen LogP contribution in [0.3, 0.4) is 0 Å². The zero-order chi connectivity index (χ0) is 11.4. The monoisotopic (exact) mass is 231 g/mol. The molecular formula is C14H17NS. The van der Waals surface area contributed by atoms with Crippen molar-refractivity contribution in [3.05, 3.63) is 58.3 Å². The fourth-order valence-corrected chi connectivity index (χ4v) is 3.00.